The largest absolute Gasteiger partial charge is 0.350 e. The van der Waals surface area contributed by atoms with E-state index >= 15 is 0 Å². The number of fused-ring (bicyclic) bond motifs is 1. The lowest BCUT2D eigenvalue weighted by molar-refractivity contribution is -0.134. The first-order valence-corrected chi connectivity index (χ1v) is 19.0. The van der Waals surface area contributed by atoms with Crippen molar-refractivity contribution in [3.63, 3.8) is 0 Å². The zero-order valence-electron chi connectivity index (χ0n) is 29.3. The summed E-state index contributed by atoms with van der Waals surface area (Å²) < 4.78 is 1.01. The molecule has 1 heterocycles. The highest BCUT2D eigenvalue weighted by atomic mass is 32.1. The van der Waals surface area contributed by atoms with Crippen LogP contribution < -0.4 is 21.7 Å². The molecule has 5 rings (SSSR count). The molecule has 1 fully saturated rings. The molecule has 3 aromatic carbocycles. The lowest BCUT2D eigenvalue weighted by Gasteiger charge is -2.35. The number of amides is 4. The summed E-state index contributed by atoms with van der Waals surface area (Å²) in [6.45, 7) is 2.39. The first-order valence-electron chi connectivity index (χ1n) is 18.2. The third-order valence-corrected chi connectivity index (χ3v) is 10.8. The Hall–Kier alpha value is -4.61. The topological polar surface area (TPSA) is 147 Å². The van der Waals surface area contributed by atoms with Crippen LogP contribution in [0.1, 0.15) is 80.5 Å². The van der Waals surface area contributed by atoms with Gasteiger partial charge in [-0.15, -0.1) is 11.3 Å². The van der Waals surface area contributed by atoms with E-state index in [0.717, 1.165) is 58.4 Å². The van der Waals surface area contributed by atoms with Crippen LogP contribution in [-0.4, -0.2) is 65.2 Å². The summed E-state index contributed by atoms with van der Waals surface area (Å²) in [5, 5.41) is 10.1. The monoisotopic (exact) mass is 710 g/mol. The molecule has 0 spiro atoms. The highest BCUT2D eigenvalue weighted by Crippen LogP contribution is 2.30. The number of benzene rings is 3. The van der Waals surface area contributed by atoms with Crippen LogP contribution in [-0.2, 0) is 25.6 Å². The summed E-state index contributed by atoms with van der Waals surface area (Å²) in [5.41, 5.74) is 8.55. The molecule has 0 unspecified atom stereocenters. The first-order chi connectivity index (χ1) is 24.9. The number of unbranched alkanes of at least 4 members (excludes halogenated alkanes) is 1. The zero-order chi connectivity index (χ0) is 36.0. The van der Waals surface area contributed by atoms with E-state index in [1.54, 1.807) is 11.8 Å². The first kappa shape index (κ1) is 37.6. The number of rotatable bonds is 19. The van der Waals surface area contributed by atoms with Crippen molar-refractivity contribution in [2.75, 3.05) is 13.1 Å². The highest BCUT2D eigenvalue weighted by molar-refractivity contribution is 7.18. The Kier molecular flexibility index (Phi) is 14.1. The van der Waals surface area contributed by atoms with E-state index in [0.29, 0.717) is 25.8 Å². The Morgan fingerprint density at radius 1 is 0.882 bits per heavy atom. The minimum absolute atomic E-state index is 0.121. The maximum Gasteiger partial charge on any atom is 0.243 e. The van der Waals surface area contributed by atoms with Gasteiger partial charge in [0.25, 0.3) is 0 Å². The molecule has 4 amide bonds. The highest BCUT2D eigenvalue weighted by Gasteiger charge is 2.35. The van der Waals surface area contributed by atoms with Crippen LogP contribution in [0.4, 0.5) is 0 Å². The van der Waals surface area contributed by atoms with Crippen molar-refractivity contribution in [3.05, 3.63) is 101 Å². The Balaban J connectivity index is 1.38. The standard InChI is InChI=1S/C40H50N6O4S/c1-2-36(48)42-32(25-37-43-31-21-11-12-23-35(31)51-37)39(49)44-33(28-15-9-10-16-28)26-46(27-47)34(22-13-14-24-41)40(50)45-38(29-17-5-3-6-18-29)30-19-7-4-8-20-30/h3-8,11-12,17-21,23,27-28,32-34,38H,2,9-10,13-16,22,24-26,41H2,1H3,(H,42,48)(H,44,49)(H,45,50)/t32-,33+,34-/m0/s1. The molecule has 0 saturated heterocycles. The Labute approximate surface area is 304 Å². The fourth-order valence-electron chi connectivity index (χ4n) is 6.93. The van der Waals surface area contributed by atoms with Gasteiger partial charge < -0.3 is 26.6 Å². The van der Waals surface area contributed by atoms with Gasteiger partial charge in [0.15, 0.2) is 0 Å². The van der Waals surface area contributed by atoms with E-state index in [1.165, 1.54) is 11.3 Å². The number of hydrogen-bond acceptors (Lipinski definition) is 7. The number of thiazole rings is 1. The van der Waals surface area contributed by atoms with Gasteiger partial charge in [-0.25, -0.2) is 4.98 Å². The molecule has 0 bridgehead atoms. The van der Waals surface area contributed by atoms with Crippen molar-refractivity contribution in [1.29, 1.82) is 0 Å². The van der Waals surface area contributed by atoms with Gasteiger partial charge in [0.05, 0.1) is 21.3 Å². The van der Waals surface area contributed by atoms with E-state index in [1.807, 2.05) is 84.9 Å². The summed E-state index contributed by atoms with van der Waals surface area (Å²) >= 11 is 1.50. The second-order valence-corrected chi connectivity index (χ2v) is 14.4. The minimum Gasteiger partial charge on any atom is -0.350 e. The van der Waals surface area contributed by atoms with Crippen molar-refractivity contribution in [1.82, 2.24) is 25.8 Å². The predicted molar refractivity (Wildman–Crippen MR) is 202 cm³/mol. The summed E-state index contributed by atoms with van der Waals surface area (Å²) in [5.74, 6) is -0.699. The average molecular weight is 711 g/mol. The molecular weight excluding hydrogens is 661 g/mol. The molecule has 10 nitrogen and oxygen atoms in total. The average Bonchev–Trinajstić information content (AvgIpc) is 3.85. The molecule has 1 saturated carbocycles. The van der Waals surface area contributed by atoms with E-state index in [2.05, 4.69) is 16.0 Å². The maximum atomic E-state index is 14.3. The number of hydrogen-bond donors (Lipinski definition) is 4. The van der Waals surface area contributed by atoms with E-state index in [9.17, 15) is 19.2 Å². The van der Waals surface area contributed by atoms with Crippen molar-refractivity contribution in [2.24, 2.45) is 11.7 Å². The minimum atomic E-state index is -0.840. The number of aromatic nitrogens is 1. The predicted octanol–water partition coefficient (Wildman–Crippen LogP) is 5.27. The van der Waals surface area contributed by atoms with Crippen LogP contribution in [0.2, 0.25) is 0 Å². The smallest absolute Gasteiger partial charge is 0.243 e. The molecule has 51 heavy (non-hydrogen) atoms. The zero-order valence-corrected chi connectivity index (χ0v) is 30.2. The molecule has 4 aromatic rings. The third-order valence-electron chi connectivity index (χ3n) is 9.72. The van der Waals surface area contributed by atoms with Crippen molar-refractivity contribution < 1.29 is 19.2 Å². The summed E-state index contributed by atoms with van der Waals surface area (Å²) in [6.07, 6.45) is 6.86. The van der Waals surface area contributed by atoms with Gasteiger partial charge in [-0.3, -0.25) is 19.2 Å². The summed E-state index contributed by atoms with van der Waals surface area (Å²) in [4.78, 5) is 60.2. The number of carbonyl (C=O) groups excluding carboxylic acids is 4. The van der Waals surface area contributed by atoms with Gasteiger partial charge in [-0.1, -0.05) is 92.6 Å². The second kappa shape index (κ2) is 19.1. The SMILES string of the molecule is CCC(=O)N[C@@H](Cc1nc2ccccc2s1)C(=O)N[C@H](CN(C=O)[C@@H](CCCCN)C(=O)NC(c1ccccc1)c1ccccc1)C1CCCC1. The van der Waals surface area contributed by atoms with E-state index in [-0.39, 0.29) is 43.0 Å². The Morgan fingerprint density at radius 2 is 1.53 bits per heavy atom. The molecule has 3 atom stereocenters. The van der Waals surface area contributed by atoms with Gasteiger partial charge in [0, 0.05) is 25.4 Å². The fraction of sp³-hybridized carbons (Fsp3) is 0.425. The summed E-state index contributed by atoms with van der Waals surface area (Å²) in [6, 6.07) is 24.9. The second-order valence-electron chi connectivity index (χ2n) is 13.3. The van der Waals surface area contributed by atoms with Crippen LogP contribution in [0.25, 0.3) is 10.2 Å². The number of para-hydroxylation sites is 1. The van der Waals surface area contributed by atoms with Crippen molar-refractivity contribution in [3.8, 4) is 0 Å². The van der Waals surface area contributed by atoms with Crippen LogP contribution in [0, 0.1) is 5.92 Å². The van der Waals surface area contributed by atoms with Crippen LogP contribution in [0.3, 0.4) is 0 Å². The summed E-state index contributed by atoms with van der Waals surface area (Å²) in [7, 11) is 0. The van der Waals surface area contributed by atoms with Crippen LogP contribution in [0.15, 0.2) is 84.9 Å². The Bertz CT molecular complexity index is 1640. The molecule has 11 heteroatoms. The van der Waals surface area contributed by atoms with Crippen molar-refractivity contribution in [2.45, 2.75) is 88.9 Å². The lowest BCUT2D eigenvalue weighted by atomic mass is 9.95. The van der Waals surface area contributed by atoms with Gasteiger partial charge >= 0.3 is 0 Å². The van der Waals surface area contributed by atoms with E-state index < -0.39 is 24.2 Å². The fourth-order valence-corrected chi connectivity index (χ4v) is 7.94. The van der Waals surface area contributed by atoms with Gasteiger partial charge in [0.2, 0.25) is 24.1 Å². The normalized spacial score (nSPS) is 14.9. The number of nitrogens with two attached hydrogens (primary N) is 1. The number of nitrogens with one attached hydrogen (secondary N) is 3. The molecular formula is C40H50N6O4S. The van der Waals surface area contributed by atoms with Crippen LogP contribution in [0.5, 0.6) is 0 Å². The molecule has 5 N–H and O–H groups in total. The number of nitrogens with zero attached hydrogens (tertiary/aromatic N) is 2. The molecule has 1 aromatic heterocycles. The van der Waals surface area contributed by atoms with Crippen molar-refractivity contribution >= 4 is 45.7 Å². The Morgan fingerprint density at radius 3 is 2.14 bits per heavy atom. The van der Waals surface area contributed by atoms with Gasteiger partial charge in [-0.05, 0) is 67.8 Å². The molecule has 270 valence electrons. The van der Waals surface area contributed by atoms with Crippen LogP contribution >= 0.6 is 11.3 Å². The maximum absolute atomic E-state index is 14.3. The van der Waals surface area contributed by atoms with E-state index in [4.69, 9.17) is 10.7 Å². The van der Waals surface area contributed by atoms with Gasteiger partial charge in [0.1, 0.15) is 12.1 Å². The molecule has 0 aliphatic heterocycles. The lowest BCUT2D eigenvalue weighted by Crippen LogP contribution is -2.57. The third kappa shape index (κ3) is 10.5. The molecule has 1 aliphatic rings. The molecule has 1 aliphatic carbocycles. The quantitative estimate of drug-likeness (QED) is 0.0771. The number of carbonyl (C=O) groups is 4. The van der Waals surface area contributed by atoms with Gasteiger partial charge in [-0.2, -0.15) is 0 Å². The molecule has 0 radical (unpaired) electrons.